The van der Waals surface area contributed by atoms with E-state index in [1.54, 1.807) is 0 Å². The van der Waals surface area contributed by atoms with Gasteiger partial charge in [-0.25, -0.2) is 4.79 Å². The number of carbonyl (C=O) groups excluding carboxylic acids is 1. The fourth-order valence-corrected chi connectivity index (χ4v) is 4.03. The van der Waals surface area contributed by atoms with Crippen LogP contribution < -0.4 is 10.2 Å². The van der Waals surface area contributed by atoms with Crippen molar-refractivity contribution in [3.63, 3.8) is 0 Å². The standard InChI is InChI=1S/C23H30N4O2/c1-19-5-4-6-20(17-19)18-25-9-11-27(12-10-25)23(28)24-21-7-2-3-8-22(21)26-13-15-29-16-14-26/h2-8,17H,9-16,18H2,1H3,(H,24,28). The monoisotopic (exact) mass is 394 g/mol. The first kappa shape index (κ1) is 19.7. The summed E-state index contributed by atoms with van der Waals surface area (Å²) in [7, 11) is 0. The van der Waals surface area contributed by atoms with Gasteiger partial charge >= 0.3 is 6.03 Å². The van der Waals surface area contributed by atoms with Crippen LogP contribution in [0.1, 0.15) is 11.1 Å². The molecule has 0 atom stereocenters. The molecule has 0 aromatic heterocycles. The quantitative estimate of drug-likeness (QED) is 0.865. The average Bonchev–Trinajstić information content (AvgIpc) is 2.75. The highest BCUT2D eigenvalue weighted by Crippen LogP contribution is 2.26. The SMILES string of the molecule is Cc1cccc(CN2CCN(C(=O)Nc3ccccc3N3CCOCC3)CC2)c1. The van der Waals surface area contributed by atoms with E-state index in [0.29, 0.717) is 0 Å². The van der Waals surface area contributed by atoms with Crippen LogP contribution in [0.2, 0.25) is 0 Å². The van der Waals surface area contributed by atoms with E-state index in [1.807, 2.05) is 23.1 Å². The Bertz CT molecular complexity index is 827. The van der Waals surface area contributed by atoms with Crippen molar-refractivity contribution in [3.8, 4) is 0 Å². The van der Waals surface area contributed by atoms with Gasteiger partial charge in [0, 0.05) is 45.8 Å². The van der Waals surface area contributed by atoms with E-state index in [1.165, 1.54) is 11.1 Å². The summed E-state index contributed by atoms with van der Waals surface area (Å²) in [4.78, 5) is 19.5. The lowest BCUT2D eigenvalue weighted by atomic mass is 10.1. The van der Waals surface area contributed by atoms with Crippen molar-refractivity contribution in [1.29, 1.82) is 0 Å². The molecule has 2 heterocycles. The number of ether oxygens (including phenoxy) is 1. The molecule has 0 aliphatic carbocycles. The molecule has 2 aliphatic rings. The third kappa shape index (κ3) is 5.08. The van der Waals surface area contributed by atoms with Gasteiger partial charge in [0.05, 0.1) is 24.6 Å². The molecule has 2 amide bonds. The Morgan fingerprint density at radius 1 is 0.966 bits per heavy atom. The lowest BCUT2D eigenvalue weighted by Crippen LogP contribution is -2.49. The molecule has 0 unspecified atom stereocenters. The van der Waals surface area contributed by atoms with E-state index in [4.69, 9.17) is 4.74 Å². The molecule has 2 aromatic rings. The Morgan fingerprint density at radius 2 is 1.72 bits per heavy atom. The van der Waals surface area contributed by atoms with Gasteiger partial charge in [0.25, 0.3) is 0 Å². The minimum absolute atomic E-state index is 0.0130. The first-order valence-corrected chi connectivity index (χ1v) is 10.4. The van der Waals surface area contributed by atoms with Gasteiger partial charge in [0.1, 0.15) is 0 Å². The van der Waals surface area contributed by atoms with E-state index in [2.05, 4.69) is 52.4 Å². The molecule has 154 valence electrons. The Labute approximate surface area is 173 Å². The number of benzene rings is 2. The van der Waals surface area contributed by atoms with Gasteiger partial charge in [-0.2, -0.15) is 0 Å². The van der Waals surface area contributed by atoms with Gasteiger partial charge in [0.2, 0.25) is 0 Å². The number of urea groups is 1. The molecular formula is C23H30N4O2. The predicted molar refractivity (Wildman–Crippen MR) is 117 cm³/mol. The van der Waals surface area contributed by atoms with E-state index in [9.17, 15) is 4.79 Å². The lowest BCUT2D eigenvalue weighted by Gasteiger charge is -2.35. The van der Waals surface area contributed by atoms with Crippen molar-refractivity contribution in [3.05, 3.63) is 59.7 Å². The second-order valence-corrected chi connectivity index (χ2v) is 7.80. The fourth-order valence-electron chi connectivity index (χ4n) is 4.03. The van der Waals surface area contributed by atoms with Gasteiger partial charge in [-0.05, 0) is 24.6 Å². The summed E-state index contributed by atoms with van der Waals surface area (Å²) in [5.74, 6) is 0. The number of rotatable bonds is 4. The van der Waals surface area contributed by atoms with Crippen LogP contribution in [0.3, 0.4) is 0 Å². The van der Waals surface area contributed by atoms with Gasteiger partial charge in [0.15, 0.2) is 0 Å². The molecule has 6 heteroatoms. The molecule has 0 radical (unpaired) electrons. The molecule has 29 heavy (non-hydrogen) atoms. The summed E-state index contributed by atoms with van der Waals surface area (Å²) in [6.45, 7) is 9.51. The van der Waals surface area contributed by atoms with E-state index < -0.39 is 0 Å². The minimum atomic E-state index is -0.0130. The van der Waals surface area contributed by atoms with Gasteiger partial charge < -0.3 is 19.9 Å². The van der Waals surface area contributed by atoms with Crippen LogP contribution in [-0.2, 0) is 11.3 Å². The molecule has 0 bridgehead atoms. The maximum Gasteiger partial charge on any atom is 0.321 e. The van der Waals surface area contributed by atoms with Crippen LogP contribution >= 0.6 is 0 Å². The minimum Gasteiger partial charge on any atom is -0.378 e. The highest BCUT2D eigenvalue weighted by Gasteiger charge is 2.23. The Balaban J connectivity index is 1.32. The van der Waals surface area contributed by atoms with Gasteiger partial charge in [-0.1, -0.05) is 42.0 Å². The molecule has 0 spiro atoms. The number of carbonyl (C=O) groups is 1. The third-order valence-electron chi connectivity index (χ3n) is 5.65. The van der Waals surface area contributed by atoms with Crippen molar-refractivity contribution in [2.24, 2.45) is 0 Å². The van der Waals surface area contributed by atoms with Crippen LogP contribution in [0.5, 0.6) is 0 Å². The van der Waals surface area contributed by atoms with Crippen LogP contribution in [0.25, 0.3) is 0 Å². The number of hydrogen-bond donors (Lipinski definition) is 1. The Morgan fingerprint density at radius 3 is 2.48 bits per heavy atom. The van der Waals surface area contributed by atoms with Crippen molar-refractivity contribution >= 4 is 17.4 Å². The topological polar surface area (TPSA) is 48.0 Å². The summed E-state index contributed by atoms with van der Waals surface area (Å²) in [6.07, 6.45) is 0. The first-order chi connectivity index (χ1) is 14.2. The Hall–Kier alpha value is -2.57. The zero-order valence-electron chi connectivity index (χ0n) is 17.1. The number of para-hydroxylation sites is 2. The fraction of sp³-hybridized carbons (Fsp3) is 0.435. The number of morpholine rings is 1. The van der Waals surface area contributed by atoms with Crippen molar-refractivity contribution in [2.45, 2.75) is 13.5 Å². The van der Waals surface area contributed by atoms with Crippen molar-refractivity contribution < 1.29 is 9.53 Å². The maximum atomic E-state index is 12.9. The number of piperazine rings is 1. The van der Waals surface area contributed by atoms with Crippen LogP contribution in [0, 0.1) is 6.92 Å². The number of aryl methyl sites for hydroxylation is 1. The summed E-state index contributed by atoms with van der Waals surface area (Å²) < 4.78 is 5.45. The number of nitrogens with zero attached hydrogens (tertiary/aromatic N) is 3. The molecule has 2 fully saturated rings. The van der Waals surface area contributed by atoms with Crippen molar-refractivity contribution in [2.75, 3.05) is 62.7 Å². The highest BCUT2D eigenvalue weighted by atomic mass is 16.5. The third-order valence-corrected chi connectivity index (χ3v) is 5.65. The molecular weight excluding hydrogens is 364 g/mol. The lowest BCUT2D eigenvalue weighted by molar-refractivity contribution is 0.123. The summed E-state index contributed by atoms with van der Waals surface area (Å²) in [5, 5.41) is 3.14. The second kappa shape index (κ2) is 9.29. The van der Waals surface area contributed by atoms with E-state index in [-0.39, 0.29) is 6.03 Å². The number of hydrogen-bond acceptors (Lipinski definition) is 4. The zero-order chi connectivity index (χ0) is 20.1. The largest absolute Gasteiger partial charge is 0.378 e. The normalized spacial score (nSPS) is 18.0. The summed E-state index contributed by atoms with van der Waals surface area (Å²) in [6, 6.07) is 16.7. The molecule has 4 rings (SSSR count). The first-order valence-electron chi connectivity index (χ1n) is 10.4. The van der Waals surface area contributed by atoms with Crippen molar-refractivity contribution in [1.82, 2.24) is 9.80 Å². The summed E-state index contributed by atoms with van der Waals surface area (Å²) >= 11 is 0. The highest BCUT2D eigenvalue weighted by molar-refractivity contribution is 5.93. The summed E-state index contributed by atoms with van der Waals surface area (Å²) in [5.41, 5.74) is 4.57. The molecule has 0 saturated carbocycles. The number of nitrogens with one attached hydrogen (secondary N) is 1. The van der Waals surface area contributed by atoms with Crippen LogP contribution in [0.4, 0.5) is 16.2 Å². The van der Waals surface area contributed by atoms with E-state index >= 15 is 0 Å². The van der Waals surface area contributed by atoms with Gasteiger partial charge in [-0.15, -0.1) is 0 Å². The zero-order valence-corrected chi connectivity index (χ0v) is 17.1. The molecule has 1 N–H and O–H groups in total. The number of amides is 2. The van der Waals surface area contributed by atoms with E-state index in [0.717, 1.165) is 70.4 Å². The average molecular weight is 395 g/mol. The molecule has 2 aliphatic heterocycles. The Kier molecular flexibility index (Phi) is 6.32. The number of anilines is 2. The predicted octanol–water partition coefficient (Wildman–Crippen LogP) is 3.18. The maximum absolute atomic E-state index is 12.9. The second-order valence-electron chi connectivity index (χ2n) is 7.80. The molecule has 2 saturated heterocycles. The molecule has 2 aromatic carbocycles. The smallest absolute Gasteiger partial charge is 0.321 e. The molecule has 6 nitrogen and oxygen atoms in total. The van der Waals surface area contributed by atoms with Crippen LogP contribution in [0.15, 0.2) is 48.5 Å². The van der Waals surface area contributed by atoms with Crippen LogP contribution in [-0.4, -0.2) is 68.3 Å². The van der Waals surface area contributed by atoms with Gasteiger partial charge in [-0.3, -0.25) is 4.90 Å².